The van der Waals surface area contributed by atoms with Crippen molar-refractivity contribution in [3.05, 3.63) is 26.7 Å². The average Bonchev–Trinajstić information content (AvgIpc) is 3.12. The highest BCUT2D eigenvalue weighted by atomic mass is 32.1. The molecule has 0 saturated carbocycles. The molecule has 1 unspecified atom stereocenters. The van der Waals surface area contributed by atoms with E-state index in [1.165, 1.54) is 29.1 Å². The number of carbonyl (C=O) groups is 1. The number of aryl methyl sites for hydroxylation is 1. The Hall–Kier alpha value is -1.31. The van der Waals surface area contributed by atoms with E-state index in [4.69, 9.17) is 5.73 Å². The number of hydrogen-bond donors (Lipinski definition) is 2. The lowest BCUT2D eigenvalue weighted by atomic mass is 9.89. The molecule has 0 radical (unpaired) electrons. The Kier molecular flexibility index (Phi) is 4.85. The molecule has 0 saturated heterocycles. The standard InChI is InChI=1S/C15H20N4OS2/c1-2-9-3-4-10-12(7-9)22-15(18-10)19-14(20)11-8-21-13(17-11)5-6-16/h8-9H,2-7,16H2,1H3,(H,18,19,20). The van der Waals surface area contributed by atoms with Gasteiger partial charge in [-0.25, -0.2) is 9.97 Å². The van der Waals surface area contributed by atoms with E-state index in [0.29, 0.717) is 23.8 Å². The third-order valence-corrected chi connectivity index (χ3v) is 5.93. The Morgan fingerprint density at radius 1 is 1.50 bits per heavy atom. The van der Waals surface area contributed by atoms with Gasteiger partial charge < -0.3 is 5.73 Å². The van der Waals surface area contributed by atoms with Gasteiger partial charge in [0.25, 0.3) is 5.91 Å². The lowest BCUT2D eigenvalue weighted by Crippen LogP contribution is -2.13. The van der Waals surface area contributed by atoms with Crippen molar-refractivity contribution in [3.8, 4) is 0 Å². The molecule has 3 N–H and O–H groups in total. The van der Waals surface area contributed by atoms with Gasteiger partial charge in [0.2, 0.25) is 0 Å². The van der Waals surface area contributed by atoms with Crippen LogP contribution in [0, 0.1) is 5.92 Å². The van der Waals surface area contributed by atoms with Crippen molar-refractivity contribution >= 4 is 33.7 Å². The predicted octanol–water partition coefficient (Wildman–Crippen LogP) is 2.87. The number of hydrogen-bond acceptors (Lipinski definition) is 6. The van der Waals surface area contributed by atoms with Crippen LogP contribution in [0.3, 0.4) is 0 Å². The molecule has 1 aliphatic rings. The molecule has 0 bridgehead atoms. The van der Waals surface area contributed by atoms with E-state index >= 15 is 0 Å². The minimum absolute atomic E-state index is 0.183. The molecular weight excluding hydrogens is 316 g/mol. The van der Waals surface area contributed by atoms with Crippen molar-refractivity contribution in [1.29, 1.82) is 0 Å². The fourth-order valence-corrected chi connectivity index (χ4v) is 4.57. The third-order valence-electron chi connectivity index (χ3n) is 3.98. The van der Waals surface area contributed by atoms with Gasteiger partial charge in [-0.3, -0.25) is 10.1 Å². The van der Waals surface area contributed by atoms with Crippen molar-refractivity contribution in [2.45, 2.75) is 39.0 Å². The van der Waals surface area contributed by atoms with Crippen LogP contribution in [-0.2, 0) is 19.3 Å². The second-order valence-electron chi connectivity index (χ2n) is 5.53. The monoisotopic (exact) mass is 336 g/mol. The number of thiazole rings is 2. The molecule has 2 heterocycles. The summed E-state index contributed by atoms with van der Waals surface area (Å²) in [5.41, 5.74) is 7.12. The van der Waals surface area contributed by atoms with Gasteiger partial charge in [-0.15, -0.1) is 22.7 Å². The van der Waals surface area contributed by atoms with Gasteiger partial charge in [0.15, 0.2) is 5.13 Å². The van der Waals surface area contributed by atoms with Gasteiger partial charge in [0.1, 0.15) is 5.69 Å². The van der Waals surface area contributed by atoms with Gasteiger partial charge in [-0.1, -0.05) is 13.3 Å². The number of fused-ring (bicyclic) bond motifs is 1. The van der Waals surface area contributed by atoms with Gasteiger partial charge in [0.05, 0.1) is 10.7 Å². The minimum atomic E-state index is -0.183. The molecule has 0 aromatic carbocycles. The number of nitrogens with one attached hydrogen (secondary N) is 1. The van der Waals surface area contributed by atoms with Gasteiger partial charge >= 0.3 is 0 Å². The molecule has 0 fully saturated rings. The van der Waals surface area contributed by atoms with Gasteiger partial charge in [0, 0.05) is 16.7 Å². The lowest BCUT2D eigenvalue weighted by molar-refractivity contribution is 0.102. The summed E-state index contributed by atoms with van der Waals surface area (Å²) in [6.45, 7) is 2.78. The zero-order valence-electron chi connectivity index (χ0n) is 12.6. The van der Waals surface area contributed by atoms with E-state index in [0.717, 1.165) is 29.5 Å². The third kappa shape index (κ3) is 3.37. The summed E-state index contributed by atoms with van der Waals surface area (Å²) >= 11 is 3.08. The number of nitrogens with two attached hydrogens (primary N) is 1. The van der Waals surface area contributed by atoms with Crippen LogP contribution in [-0.4, -0.2) is 22.4 Å². The molecule has 0 spiro atoms. The molecule has 118 valence electrons. The maximum atomic E-state index is 12.2. The molecular formula is C15H20N4OS2. The van der Waals surface area contributed by atoms with Crippen LogP contribution in [0.5, 0.6) is 0 Å². The van der Waals surface area contributed by atoms with E-state index in [1.807, 2.05) is 0 Å². The Morgan fingerprint density at radius 3 is 3.14 bits per heavy atom. The first kappa shape index (κ1) is 15.6. The Morgan fingerprint density at radius 2 is 2.36 bits per heavy atom. The molecule has 22 heavy (non-hydrogen) atoms. The van der Waals surface area contributed by atoms with Crippen molar-refractivity contribution < 1.29 is 4.79 Å². The molecule has 1 aliphatic carbocycles. The summed E-state index contributed by atoms with van der Waals surface area (Å²) in [5, 5.41) is 6.26. The zero-order valence-corrected chi connectivity index (χ0v) is 14.2. The summed E-state index contributed by atoms with van der Waals surface area (Å²) in [7, 11) is 0. The summed E-state index contributed by atoms with van der Waals surface area (Å²) in [4.78, 5) is 22.4. The average molecular weight is 336 g/mol. The molecule has 7 heteroatoms. The first-order valence-corrected chi connectivity index (χ1v) is 9.33. The van der Waals surface area contributed by atoms with Crippen LogP contribution in [0.15, 0.2) is 5.38 Å². The smallest absolute Gasteiger partial charge is 0.276 e. The quantitative estimate of drug-likeness (QED) is 0.880. The van der Waals surface area contributed by atoms with Gasteiger partial charge in [-0.05, 0) is 31.7 Å². The Labute approximate surface area is 138 Å². The lowest BCUT2D eigenvalue weighted by Gasteiger charge is -2.18. The molecule has 2 aromatic rings. The molecule has 5 nitrogen and oxygen atoms in total. The van der Waals surface area contributed by atoms with E-state index in [-0.39, 0.29) is 5.91 Å². The summed E-state index contributed by atoms with van der Waals surface area (Å²) < 4.78 is 0. The second-order valence-corrected chi connectivity index (χ2v) is 7.55. The van der Waals surface area contributed by atoms with Crippen LogP contribution in [0.4, 0.5) is 5.13 Å². The van der Waals surface area contributed by atoms with Crippen molar-refractivity contribution in [2.75, 3.05) is 11.9 Å². The maximum Gasteiger partial charge on any atom is 0.276 e. The number of rotatable bonds is 5. The summed E-state index contributed by atoms with van der Waals surface area (Å²) in [6.07, 6.45) is 5.24. The largest absolute Gasteiger partial charge is 0.330 e. The van der Waals surface area contributed by atoms with E-state index in [9.17, 15) is 4.79 Å². The van der Waals surface area contributed by atoms with Crippen LogP contribution >= 0.6 is 22.7 Å². The second kappa shape index (κ2) is 6.85. The fourth-order valence-electron chi connectivity index (χ4n) is 2.66. The molecule has 1 amide bonds. The van der Waals surface area contributed by atoms with Crippen LogP contribution in [0.25, 0.3) is 0 Å². The van der Waals surface area contributed by atoms with Crippen molar-refractivity contribution in [3.63, 3.8) is 0 Å². The first-order chi connectivity index (χ1) is 10.7. The van der Waals surface area contributed by atoms with Crippen LogP contribution < -0.4 is 11.1 Å². The molecule has 3 rings (SSSR count). The number of amides is 1. The molecule has 2 aromatic heterocycles. The highest BCUT2D eigenvalue weighted by Crippen LogP contribution is 2.33. The highest BCUT2D eigenvalue weighted by Gasteiger charge is 2.22. The Balaban J connectivity index is 1.68. The number of carbonyl (C=O) groups excluding carboxylic acids is 1. The number of anilines is 1. The van der Waals surface area contributed by atoms with Crippen molar-refractivity contribution in [1.82, 2.24) is 9.97 Å². The molecule has 1 atom stereocenters. The summed E-state index contributed by atoms with van der Waals surface area (Å²) in [6, 6.07) is 0. The Bertz CT molecular complexity index is 664. The maximum absolute atomic E-state index is 12.2. The minimum Gasteiger partial charge on any atom is -0.330 e. The number of nitrogens with zero attached hydrogens (tertiary/aromatic N) is 2. The van der Waals surface area contributed by atoms with Crippen LogP contribution in [0.1, 0.15) is 45.8 Å². The van der Waals surface area contributed by atoms with Crippen LogP contribution in [0.2, 0.25) is 0 Å². The van der Waals surface area contributed by atoms with E-state index in [2.05, 4.69) is 22.2 Å². The van der Waals surface area contributed by atoms with E-state index in [1.54, 1.807) is 16.7 Å². The van der Waals surface area contributed by atoms with Gasteiger partial charge in [-0.2, -0.15) is 0 Å². The topological polar surface area (TPSA) is 80.9 Å². The SMILES string of the molecule is CCC1CCc2nc(NC(=O)c3csc(CCN)n3)sc2C1. The number of aromatic nitrogens is 2. The predicted molar refractivity (Wildman–Crippen MR) is 90.7 cm³/mol. The zero-order chi connectivity index (χ0) is 15.5. The van der Waals surface area contributed by atoms with Crippen molar-refractivity contribution in [2.24, 2.45) is 11.7 Å². The summed E-state index contributed by atoms with van der Waals surface area (Å²) in [5.74, 6) is 0.575. The normalized spacial score (nSPS) is 17.3. The van der Waals surface area contributed by atoms with E-state index < -0.39 is 0 Å². The first-order valence-electron chi connectivity index (χ1n) is 7.64. The molecule has 0 aliphatic heterocycles. The fraction of sp³-hybridized carbons (Fsp3) is 0.533. The highest BCUT2D eigenvalue weighted by molar-refractivity contribution is 7.16.